The third-order valence-corrected chi connectivity index (χ3v) is 6.70. The minimum absolute atomic E-state index is 0.0200. The van der Waals surface area contributed by atoms with Crippen LogP contribution in [-0.2, 0) is 21.1 Å². The third kappa shape index (κ3) is 4.52. The molecule has 2 aromatic rings. The van der Waals surface area contributed by atoms with Gasteiger partial charge in [0.15, 0.2) is 0 Å². The van der Waals surface area contributed by atoms with Gasteiger partial charge in [0.25, 0.3) is 11.8 Å². The first-order chi connectivity index (χ1) is 15.2. The van der Waals surface area contributed by atoms with Gasteiger partial charge in [0.05, 0.1) is 23.5 Å². The molecule has 8 nitrogen and oxygen atoms in total. The molecular weight excluding hydrogens is 432 g/mol. The molecule has 0 unspecified atom stereocenters. The number of sulfone groups is 1. The molecule has 2 heterocycles. The van der Waals surface area contributed by atoms with E-state index in [1.54, 1.807) is 12.1 Å². The molecule has 0 aliphatic carbocycles. The Morgan fingerprint density at radius 3 is 2.38 bits per heavy atom. The quantitative estimate of drug-likeness (QED) is 0.632. The second kappa shape index (κ2) is 8.74. The summed E-state index contributed by atoms with van der Waals surface area (Å²) in [5.41, 5.74) is 1.48. The average Bonchev–Trinajstić information content (AvgIpc) is 3.02. The minimum Gasteiger partial charge on any atom is -0.493 e. The van der Waals surface area contributed by atoms with Crippen molar-refractivity contribution < 1.29 is 27.5 Å². The van der Waals surface area contributed by atoms with Crippen molar-refractivity contribution in [2.45, 2.75) is 18.9 Å². The second-order valence-electron chi connectivity index (χ2n) is 8.19. The van der Waals surface area contributed by atoms with Gasteiger partial charge in [-0.05, 0) is 36.6 Å². The molecule has 0 radical (unpaired) electrons. The minimum atomic E-state index is -3.40. The van der Waals surface area contributed by atoms with Gasteiger partial charge in [-0.25, -0.2) is 8.42 Å². The number of hydrogen-bond donors (Lipinski definition) is 1. The van der Waals surface area contributed by atoms with E-state index in [9.17, 15) is 22.8 Å². The summed E-state index contributed by atoms with van der Waals surface area (Å²) in [6, 6.07) is 12.8. The van der Waals surface area contributed by atoms with Crippen LogP contribution in [0.3, 0.4) is 0 Å². The molecule has 4 rings (SSSR count). The molecule has 32 heavy (non-hydrogen) atoms. The molecular formula is C23H24N2O6S. The molecule has 2 aromatic carbocycles. The number of hydrogen-bond acceptors (Lipinski definition) is 6. The van der Waals surface area contributed by atoms with Gasteiger partial charge < -0.3 is 10.1 Å². The zero-order valence-corrected chi connectivity index (χ0v) is 18.4. The SMILES string of the molecule is CS(=O)(=O)CC[C@@H](C(=O)NC[C@H]1COc2ccccc2C1)N1C(=O)c2ccccc2C1=O. The highest BCUT2D eigenvalue weighted by Gasteiger charge is 2.42. The number of carbonyl (C=O) groups excluding carboxylic acids is 3. The van der Waals surface area contributed by atoms with Crippen LogP contribution in [0.4, 0.5) is 0 Å². The summed E-state index contributed by atoms with van der Waals surface area (Å²) >= 11 is 0. The Bertz CT molecular complexity index is 1140. The van der Waals surface area contributed by atoms with Crippen LogP contribution in [0.5, 0.6) is 5.75 Å². The number of amides is 3. The highest BCUT2D eigenvalue weighted by atomic mass is 32.2. The van der Waals surface area contributed by atoms with Crippen LogP contribution in [0.15, 0.2) is 48.5 Å². The van der Waals surface area contributed by atoms with E-state index in [1.807, 2.05) is 24.3 Å². The van der Waals surface area contributed by atoms with E-state index >= 15 is 0 Å². The summed E-state index contributed by atoms with van der Waals surface area (Å²) in [5, 5.41) is 2.80. The zero-order chi connectivity index (χ0) is 22.9. The predicted molar refractivity (Wildman–Crippen MR) is 117 cm³/mol. The van der Waals surface area contributed by atoms with Gasteiger partial charge in [0, 0.05) is 18.7 Å². The summed E-state index contributed by atoms with van der Waals surface area (Å²) in [5.74, 6) is -1.21. The van der Waals surface area contributed by atoms with Gasteiger partial charge in [-0.2, -0.15) is 0 Å². The Balaban J connectivity index is 1.49. The number of benzene rings is 2. The molecule has 2 aliphatic rings. The van der Waals surface area contributed by atoms with Crippen molar-refractivity contribution in [3.05, 3.63) is 65.2 Å². The van der Waals surface area contributed by atoms with E-state index in [1.165, 1.54) is 12.1 Å². The highest BCUT2D eigenvalue weighted by Crippen LogP contribution is 2.28. The van der Waals surface area contributed by atoms with Crippen molar-refractivity contribution in [1.29, 1.82) is 0 Å². The van der Waals surface area contributed by atoms with E-state index in [0.29, 0.717) is 6.61 Å². The summed E-state index contributed by atoms with van der Waals surface area (Å²) in [6.45, 7) is 0.712. The first-order valence-corrected chi connectivity index (χ1v) is 12.4. The number of carbonyl (C=O) groups is 3. The Labute approximate surface area is 186 Å². The van der Waals surface area contributed by atoms with E-state index in [0.717, 1.165) is 28.9 Å². The lowest BCUT2D eigenvalue weighted by molar-refractivity contribution is -0.125. The first-order valence-electron chi connectivity index (χ1n) is 10.4. The number of nitrogens with one attached hydrogen (secondary N) is 1. The highest BCUT2D eigenvalue weighted by molar-refractivity contribution is 7.90. The molecule has 0 spiro atoms. The van der Waals surface area contributed by atoms with Crippen molar-refractivity contribution in [1.82, 2.24) is 10.2 Å². The number of rotatable bonds is 7. The van der Waals surface area contributed by atoms with Crippen molar-refractivity contribution >= 4 is 27.6 Å². The van der Waals surface area contributed by atoms with Crippen LogP contribution in [-0.4, -0.2) is 62.2 Å². The smallest absolute Gasteiger partial charge is 0.262 e. The van der Waals surface area contributed by atoms with Gasteiger partial charge in [-0.15, -0.1) is 0 Å². The molecule has 0 saturated carbocycles. The molecule has 1 N–H and O–H groups in total. The molecule has 2 aliphatic heterocycles. The van der Waals surface area contributed by atoms with Crippen molar-refractivity contribution in [2.24, 2.45) is 5.92 Å². The maximum absolute atomic E-state index is 13.1. The Kier molecular flexibility index (Phi) is 6.01. The summed E-state index contributed by atoms with van der Waals surface area (Å²) < 4.78 is 29.2. The number of nitrogens with zero attached hydrogens (tertiary/aromatic N) is 1. The molecule has 9 heteroatoms. The van der Waals surface area contributed by atoms with Crippen LogP contribution in [0.2, 0.25) is 0 Å². The van der Waals surface area contributed by atoms with Crippen molar-refractivity contribution in [3.8, 4) is 5.75 Å². The monoisotopic (exact) mass is 456 g/mol. The lowest BCUT2D eigenvalue weighted by Crippen LogP contribution is -2.51. The fourth-order valence-electron chi connectivity index (χ4n) is 4.08. The maximum Gasteiger partial charge on any atom is 0.262 e. The predicted octanol–water partition coefficient (Wildman–Crippen LogP) is 1.45. The van der Waals surface area contributed by atoms with Crippen LogP contribution in [0.1, 0.15) is 32.7 Å². The maximum atomic E-state index is 13.1. The fraction of sp³-hybridized carbons (Fsp3) is 0.348. The summed E-state index contributed by atoms with van der Waals surface area (Å²) in [7, 11) is -3.40. The molecule has 0 fully saturated rings. The molecule has 168 valence electrons. The van der Waals surface area contributed by atoms with Crippen LogP contribution < -0.4 is 10.1 Å². The zero-order valence-electron chi connectivity index (χ0n) is 17.6. The Morgan fingerprint density at radius 2 is 1.72 bits per heavy atom. The molecule has 0 aromatic heterocycles. The van der Waals surface area contributed by atoms with Gasteiger partial charge in [-0.1, -0.05) is 30.3 Å². The molecule has 3 amide bonds. The van der Waals surface area contributed by atoms with E-state index in [-0.39, 0.29) is 35.8 Å². The largest absolute Gasteiger partial charge is 0.493 e. The van der Waals surface area contributed by atoms with Gasteiger partial charge in [0.2, 0.25) is 5.91 Å². The van der Waals surface area contributed by atoms with E-state index < -0.39 is 33.6 Å². The third-order valence-electron chi connectivity index (χ3n) is 5.72. The number of ether oxygens (including phenoxy) is 1. The topological polar surface area (TPSA) is 110 Å². The van der Waals surface area contributed by atoms with E-state index in [4.69, 9.17) is 4.74 Å². The Morgan fingerprint density at radius 1 is 1.09 bits per heavy atom. The normalized spacial score (nSPS) is 18.5. The number of para-hydroxylation sites is 1. The molecule has 0 saturated heterocycles. The summed E-state index contributed by atoms with van der Waals surface area (Å²) in [4.78, 5) is 39.7. The number of fused-ring (bicyclic) bond motifs is 2. The fourth-order valence-corrected chi connectivity index (χ4v) is 4.73. The van der Waals surface area contributed by atoms with Crippen molar-refractivity contribution in [2.75, 3.05) is 25.2 Å². The van der Waals surface area contributed by atoms with Crippen molar-refractivity contribution in [3.63, 3.8) is 0 Å². The van der Waals surface area contributed by atoms with Crippen LogP contribution >= 0.6 is 0 Å². The standard InChI is InChI=1S/C23H24N2O6S/c1-32(29,30)11-10-19(25-22(27)17-7-3-4-8-18(17)23(25)28)21(26)24-13-15-12-16-6-2-5-9-20(16)31-14-15/h2-9,15,19H,10-14H2,1H3,(H,24,26)/t15-,19-/m0/s1. The lowest BCUT2D eigenvalue weighted by Gasteiger charge is -2.28. The second-order valence-corrected chi connectivity index (χ2v) is 10.5. The van der Waals surface area contributed by atoms with Gasteiger partial charge >= 0.3 is 0 Å². The lowest BCUT2D eigenvalue weighted by atomic mass is 9.96. The number of imide groups is 1. The first kappa shape index (κ1) is 22.0. The summed E-state index contributed by atoms with van der Waals surface area (Å²) in [6.07, 6.45) is 1.61. The average molecular weight is 457 g/mol. The molecule has 2 atom stereocenters. The van der Waals surface area contributed by atoms with Gasteiger partial charge in [-0.3, -0.25) is 19.3 Å². The Hall–Kier alpha value is -3.20. The van der Waals surface area contributed by atoms with Crippen LogP contribution in [0.25, 0.3) is 0 Å². The molecule has 0 bridgehead atoms. The van der Waals surface area contributed by atoms with E-state index in [2.05, 4.69) is 5.32 Å². The van der Waals surface area contributed by atoms with Gasteiger partial charge in [0.1, 0.15) is 21.6 Å². The van der Waals surface area contributed by atoms with Crippen LogP contribution in [0, 0.1) is 5.92 Å².